The molecule has 0 aromatic rings. The predicted molar refractivity (Wildman–Crippen MR) is 34.4 cm³/mol. The smallest absolute Gasteiger partial charge is 0.0551 e. The van der Waals surface area contributed by atoms with Crippen LogP contribution in [-0.4, -0.2) is 12.7 Å². The second-order valence-electron chi connectivity index (χ2n) is 2.28. The van der Waals surface area contributed by atoms with Crippen LogP contribution in [-0.2, 0) is 0 Å². The van der Waals surface area contributed by atoms with Gasteiger partial charge in [0.25, 0.3) is 0 Å². The van der Waals surface area contributed by atoms with Crippen LogP contribution in [0.25, 0.3) is 0 Å². The van der Waals surface area contributed by atoms with Crippen LogP contribution in [0.1, 0.15) is 12.8 Å². The lowest BCUT2D eigenvalue weighted by molar-refractivity contribution is 0.469. The first kappa shape index (κ1) is 5.79. The summed E-state index contributed by atoms with van der Waals surface area (Å²) in [5, 5.41) is 3.11. The molecule has 0 aliphatic carbocycles. The highest BCUT2D eigenvalue weighted by Gasteiger charge is 2.08. The Morgan fingerprint density at radius 2 is 2.50 bits per heavy atom. The van der Waals surface area contributed by atoms with E-state index in [4.69, 9.17) is 5.73 Å². The number of nitrogens with one attached hydrogen (secondary N) is 1. The Hall–Kier alpha value is -0.340. The number of hydrogen-bond acceptors (Lipinski definition) is 2. The van der Waals surface area contributed by atoms with Gasteiger partial charge in [-0.3, -0.25) is 5.32 Å². The molecule has 0 saturated carbocycles. The molecule has 0 aromatic carbocycles. The van der Waals surface area contributed by atoms with Crippen molar-refractivity contribution in [1.29, 1.82) is 0 Å². The zero-order valence-electron chi connectivity index (χ0n) is 4.98. The second-order valence-corrected chi connectivity index (χ2v) is 2.28. The van der Waals surface area contributed by atoms with Gasteiger partial charge in [-0.25, -0.2) is 0 Å². The van der Waals surface area contributed by atoms with Gasteiger partial charge < -0.3 is 5.73 Å². The molecular weight excluding hydrogens is 100 g/mol. The SMILES string of the molecule is C=C1CCC(N)NC1. The zero-order chi connectivity index (χ0) is 5.98. The summed E-state index contributed by atoms with van der Waals surface area (Å²) in [7, 11) is 0. The van der Waals surface area contributed by atoms with E-state index in [2.05, 4.69) is 11.9 Å². The van der Waals surface area contributed by atoms with Gasteiger partial charge in [-0.1, -0.05) is 12.2 Å². The highest BCUT2D eigenvalue weighted by Crippen LogP contribution is 2.06. The van der Waals surface area contributed by atoms with Gasteiger partial charge in [-0.15, -0.1) is 0 Å². The van der Waals surface area contributed by atoms with Gasteiger partial charge in [-0.05, 0) is 12.8 Å². The van der Waals surface area contributed by atoms with Crippen LogP contribution in [0.3, 0.4) is 0 Å². The van der Waals surface area contributed by atoms with E-state index in [0.29, 0.717) is 0 Å². The summed E-state index contributed by atoms with van der Waals surface area (Å²) >= 11 is 0. The molecule has 0 radical (unpaired) electrons. The Bertz CT molecular complexity index is 88.7. The van der Waals surface area contributed by atoms with Crippen LogP contribution in [0.5, 0.6) is 0 Å². The van der Waals surface area contributed by atoms with Crippen LogP contribution in [0.4, 0.5) is 0 Å². The monoisotopic (exact) mass is 112 g/mol. The normalized spacial score (nSPS) is 30.6. The van der Waals surface area contributed by atoms with Crippen molar-refractivity contribution in [3.05, 3.63) is 12.2 Å². The average molecular weight is 112 g/mol. The number of piperidine rings is 1. The van der Waals surface area contributed by atoms with Crippen molar-refractivity contribution in [2.24, 2.45) is 5.73 Å². The van der Waals surface area contributed by atoms with Gasteiger partial charge in [0.2, 0.25) is 0 Å². The molecule has 1 rings (SSSR count). The van der Waals surface area contributed by atoms with E-state index >= 15 is 0 Å². The fourth-order valence-electron chi connectivity index (χ4n) is 0.826. The third-order valence-corrected chi connectivity index (χ3v) is 1.42. The quantitative estimate of drug-likeness (QED) is 0.440. The Morgan fingerprint density at radius 1 is 1.75 bits per heavy atom. The lowest BCUT2D eigenvalue weighted by Crippen LogP contribution is -2.41. The Kier molecular flexibility index (Phi) is 1.65. The van der Waals surface area contributed by atoms with Crippen molar-refractivity contribution in [2.45, 2.75) is 19.0 Å². The molecule has 0 amide bonds. The molecule has 1 unspecified atom stereocenters. The van der Waals surface area contributed by atoms with Crippen molar-refractivity contribution in [2.75, 3.05) is 6.54 Å². The lowest BCUT2D eigenvalue weighted by Gasteiger charge is -2.20. The minimum atomic E-state index is 0.209. The molecule has 8 heavy (non-hydrogen) atoms. The van der Waals surface area contributed by atoms with E-state index in [-0.39, 0.29) is 6.17 Å². The Balaban J connectivity index is 2.29. The third kappa shape index (κ3) is 1.32. The fourth-order valence-corrected chi connectivity index (χ4v) is 0.826. The maximum atomic E-state index is 5.54. The predicted octanol–water partition coefficient (Wildman–Crippen LogP) is 0.211. The standard InChI is InChI=1S/C6H12N2/c1-5-2-3-6(7)8-4-5/h6,8H,1-4,7H2. The number of nitrogens with two attached hydrogens (primary N) is 1. The molecule has 1 saturated heterocycles. The minimum Gasteiger partial charge on any atom is -0.316 e. The van der Waals surface area contributed by atoms with Crippen LogP contribution < -0.4 is 11.1 Å². The summed E-state index contributed by atoms with van der Waals surface area (Å²) in [6.07, 6.45) is 2.34. The summed E-state index contributed by atoms with van der Waals surface area (Å²) < 4.78 is 0. The molecular formula is C6H12N2. The van der Waals surface area contributed by atoms with Crippen molar-refractivity contribution in [1.82, 2.24) is 5.32 Å². The van der Waals surface area contributed by atoms with Gasteiger partial charge in [0.1, 0.15) is 0 Å². The van der Waals surface area contributed by atoms with Crippen LogP contribution >= 0.6 is 0 Å². The van der Waals surface area contributed by atoms with Gasteiger partial charge >= 0.3 is 0 Å². The molecule has 2 nitrogen and oxygen atoms in total. The van der Waals surface area contributed by atoms with Crippen LogP contribution in [0.2, 0.25) is 0 Å². The molecule has 46 valence electrons. The molecule has 1 aliphatic heterocycles. The summed E-state index contributed by atoms with van der Waals surface area (Å²) in [6, 6.07) is 0. The van der Waals surface area contributed by atoms with Crippen molar-refractivity contribution in [3.8, 4) is 0 Å². The van der Waals surface area contributed by atoms with E-state index in [1.54, 1.807) is 0 Å². The van der Waals surface area contributed by atoms with Crippen molar-refractivity contribution < 1.29 is 0 Å². The van der Waals surface area contributed by atoms with E-state index in [9.17, 15) is 0 Å². The Labute approximate surface area is 49.8 Å². The maximum absolute atomic E-state index is 5.54. The van der Waals surface area contributed by atoms with E-state index in [1.165, 1.54) is 5.57 Å². The minimum absolute atomic E-state index is 0.209. The molecule has 1 aliphatic rings. The summed E-state index contributed by atoms with van der Waals surface area (Å²) in [5.74, 6) is 0. The zero-order valence-corrected chi connectivity index (χ0v) is 4.98. The van der Waals surface area contributed by atoms with Gasteiger partial charge in [0.15, 0.2) is 0 Å². The first-order chi connectivity index (χ1) is 3.79. The van der Waals surface area contributed by atoms with Gasteiger partial charge in [0.05, 0.1) is 6.17 Å². The molecule has 0 bridgehead atoms. The summed E-state index contributed by atoms with van der Waals surface area (Å²) in [6.45, 7) is 4.73. The number of rotatable bonds is 0. The topological polar surface area (TPSA) is 38.0 Å². The van der Waals surface area contributed by atoms with E-state index in [1.807, 2.05) is 0 Å². The van der Waals surface area contributed by atoms with Crippen molar-refractivity contribution in [3.63, 3.8) is 0 Å². The highest BCUT2D eigenvalue weighted by atomic mass is 15.0. The highest BCUT2D eigenvalue weighted by molar-refractivity contribution is 5.00. The lowest BCUT2D eigenvalue weighted by atomic mass is 10.1. The third-order valence-electron chi connectivity index (χ3n) is 1.42. The molecule has 0 spiro atoms. The molecule has 0 aromatic heterocycles. The number of hydrogen-bond donors (Lipinski definition) is 2. The summed E-state index contributed by atoms with van der Waals surface area (Å²) in [5.41, 5.74) is 6.81. The second kappa shape index (κ2) is 2.29. The largest absolute Gasteiger partial charge is 0.316 e. The van der Waals surface area contributed by atoms with Gasteiger partial charge in [-0.2, -0.15) is 0 Å². The van der Waals surface area contributed by atoms with Crippen molar-refractivity contribution >= 4 is 0 Å². The van der Waals surface area contributed by atoms with E-state index < -0.39 is 0 Å². The first-order valence-electron chi connectivity index (χ1n) is 2.94. The van der Waals surface area contributed by atoms with Crippen LogP contribution in [0, 0.1) is 0 Å². The molecule has 1 atom stereocenters. The maximum Gasteiger partial charge on any atom is 0.0551 e. The van der Waals surface area contributed by atoms with Gasteiger partial charge in [0, 0.05) is 6.54 Å². The molecule has 1 heterocycles. The summed E-state index contributed by atoms with van der Waals surface area (Å²) in [4.78, 5) is 0. The average Bonchev–Trinajstić information content (AvgIpc) is 1.77. The van der Waals surface area contributed by atoms with E-state index in [0.717, 1.165) is 19.4 Å². The molecule has 2 heteroatoms. The Morgan fingerprint density at radius 3 is 2.88 bits per heavy atom. The first-order valence-corrected chi connectivity index (χ1v) is 2.94. The molecule has 3 N–H and O–H groups in total. The van der Waals surface area contributed by atoms with Crippen LogP contribution in [0.15, 0.2) is 12.2 Å². The molecule has 1 fully saturated rings. The fraction of sp³-hybridized carbons (Fsp3) is 0.667.